The molecule has 0 saturated heterocycles. The lowest BCUT2D eigenvalue weighted by Crippen LogP contribution is -2.11. The molecule has 0 amide bonds. The highest BCUT2D eigenvalue weighted by Crippen LogP contribution is 2.17. The number of nitrogens with two attached hydrogens (primary N) is 1. The first-order valence-electron chi connectivity index (χ1n) is 3.67. The summed E-state index contributed by atoms with van der Waals surface area (Å²) in [5.41, 5.74) is 0. The van der Waals surface area contributed by atoms with E-state index in [1.165, 1.54) is 16.4 Å². The van der Waals surface area contributed by atoms with Gasteiger partial charge in [0.2, 0.25) is 4.77 Å². The van der Waals surface area contributed by atoms with Gasteiger partial charge in [-0.2, -0.15) is 15.4 Å². The highest BCUT2D eigenvalue weighted by atomic mass is 32.2. The van der Waals surface area contributed by atoms with Crippen LogP contribution in [0.4, 0.5) is 0 Å². The molecular weight excluding hydrogens is 222 g/mol. The van der Waals surface area contributed by atoms with E-state index in [2.05, 4.69) is 25.6 Å². The van der Waals surface area contributed by atoms with E-state index < -0.39 is 0 Å². The van der Waals surface area contributed by atoms with Crippen molar-refractivity contribution in [2.45, 2.75) is 10.8 Å². The van der Waals surface area contributed by atoms with E-state index in [1.54, 1.807) is 6.20 Å². The van der Waals surface area contributed by atoms with Gasteiger partial charge in [0.1, 0.15) is 5.03 Å². The molecular formula is C5H7N7S2. The maximum atomic E-state index is 5.60. The summed E-state index contributed by atoms with van der Waals surface area (Å²) in [4.78, 5) is 0. The molecule has 74 valence electrons. The summed E-state index contributed by atoms with van der Waals surface area (Å²) in [7, 11) is 0. The van der Waals surface area contributed by atoms with Crippen LogP contribution in [0.15, 0.2) is 11.2 Å². The van der Waals surface area contributed by atoms with Crippen LogP contribution in [0.3, 0.4) is 0 Å². The van der Waals surface area contributed by atoms with Crippen molar-refractivity contribution in [3.8, 4) is 0 Å². The van der Waals surface area contributed by atoms with Gasteiger partial charge in [0.15, 0.2) is 5.82 Å². The Balaban J connectivity index is 2.05. The summed E-state index contributed by atoms with van der Waals surface area (Å²) in [6.45, 7) is 0. The molecule has 14 heavy (non-hydrogen) atoms. The van der Waals surface area contributed by atoms with Crippen LogP contribution in [-0.2, 0) is 5.75 Å². The minimum absolute atomic E-state index is 0.403. The number of hydrogen-bond acceptors (Lipinski definition) is 6. The maximum absolute atomic E-state index is 5.60. The Bertz CT molecular complexity index is 455. The van der Waals surface area contributed by atoms with Gasteiger partial charge in [0.25, 0.3) is 0 Å². The number of hydrogen-bond donors (Lipinski definition) is 3. The molecule has 0 spiro atoms. The van der Waals surface area contributed by atoms with Crippen molar-refractivity contribution in [2.75, 3.05) is 5.84 Å². The quantitative estimate of drug-likeness (QED) is 0.391. The lowest BCUT2D eigenvalue weighted by molar-refractivity contribution is 0.897. The first kappa shape index (κ1) is 9.21. The highest BCUT2D eigenvalue weighted by molar-refractivity contribution is 7.98. The third-order valence-corrected chi connectivity index (χ3v) is 2.70. The number of aromatic amines is 2. The summed E-state index contributed by atoms with van der Waals surface area (Å²) < 4.78 is 1.74. The monoisotopic (exact) mass is 229 g/mol. The smallest absolute Gasteiger partial charge is 0.214 e. The van der Waals surface area contributed by atoms with Crippen molar-refractivity contribution in [1.29, 1.82) is 0 Å². The summed E-state index contributed by atoms with van der Waals surface area (Å²) in [6, 6.07) is 0. The van der Waals surface area contributed by atoms with Crippen LogP contribution in [0.25, 0.3) is 0 Å². The van der Waals surface area contributed by atoms with E-state index >= 15 is 0 Å². The number of H-pyrrole nitrogens is 2. The van der Waals surface area contributed by atoms with Gasteiger partial charge in [0, 0.05) is 0 Å². The Morgan fingerprint density at radius 3 is 3.00 bits per heavy atom. The zero-order valence-corrected chi connectivity index (χ0v) is 8.60. The Labute approximate surface area is 88.1 Å². The van der Waals surface area contributed by atoms with Crippen LogP contribution in [0.2, 0.25) is 0 Å². The second-order valence-corrected chi connectivity index (χ2v) is 3.79. The zero-order valence-electron chi connectivity index (χ0n) is 6.97. The fourth-order valence-corrected chi connectivity index (χ4v) is 1.70. The third-order valence-electron chi connectivity index (χ3n) is 1.52. The maximum Gasteiger partial charge on any atom is 0.214 e. The second kappa shape index (κ2) is 3.80. The van der Waals surface area contributed by atoms with Crippen LogP contribution in [0, 0.1) is 4.77 Å². The number of nitrogens with one attached hydrogen (secondary N) is 2. The van der Waals surface area contributed by atoms with Crippen LogP contribution in [-0.4, -0.2) is 30.3 Å². The predicted octanol–water partition coefficient (Wildman–Crippen LogP) is 0.0649. The lowest BCUT2D eigenvalue weighted by Gasteiger charge is -1.96. The summed E-state index contributed by atoms with van der Waals surface area (Å²) in [5.74, 6) is 6.87. The molecule has 9 heteroatoms. The summed E-state index contributed by atoms with van der Waals surface area (Å²) in [5, 5.41) is 17.4. The molecule has 0 aliphatic carbocycles. The largest absolute Gasteiger partial charge is 0.335 e. The van der Waals surface area contributed by atoms with E-state index in [4.69, 9.17) is 18.1 Å². The number of nitrogen functional groups attached to an aromatic ring is 1. The molecule has 2 rings (SSSR count). The number of rotatable bonds is 3. The van der Waals surface area contributed by atoms with Crippen LogP contribution < -0.4 is 5.84 Å². The van der Waals surface area contributed by atoms with Gasteiger partial charge in [0.05, 0.1) is 11.9 Å². The van der Waals surface area contributed by atoms with Crippen LogP contribution in [0.5, 0.6) is 0 Å². The molecule has 7 nitrogen and oxygen atoms in total. The molecule has 4 N–H and O–H groups in total. The molecule has 0 aliphatic rings. The first-order valence-corrected chi connectivity index (χ1v) is 5.06. The molecule has 0 unspecified atom stereocenters. The average molecular weight is 229 g/mol. The molecule has 0 atom stereocenters. The molecule has 0 radical (unpaired) electrons. The van der Waals surface area contributed by atoms with Gasteiger partial charge < -0.3 is 5.84 Å². The van der Waals surface area contributed by atoms with Crippen molar-refractivity contribution in [3.63, 3.8) is 0 Å². The van der Waals surface area contributed by atoms with Crippen molar-refractivity contribution < 1.29 is 0 Å². The van der Waals surface area contributed by atoms with Crippen LogP contribution >= 0.6 is 24.0 Å². The predicted molar refractivity (Wildman–Crippen MR) is 53.5 cm³/mol. The van der Waals surface area contributed by atoms with E-state index in [9.17, 15) is 0 Å². The number of aromatic nitrogens is 6. The summed E-state index contributed by atoms with van der Waals surface area (Å²) in [6.07, 6.45) is 1.63. The van der Waals surface area contributed by atoms with E-state index in [1.807, 2.05) is 0 Å². The molecule has 2 aromatic heterocycles. The highest BCUT2D eigenvalue weighted by Gasteiger charge is 2.04. The van der Waals surface area contributed by atoms with Gasteiger partial charge in [-0.25, -0.2) is 4.68 Å². The van der Waals surface area contributed by atoms with Crippen molar-refractivity contribution >= 4 is 24.0 Å². The number of thioether (sulfide) groups is 1. The Morgan fingerprint density at radius 1 is 1.57 bits per heavy atom. The Morgan fingerprint density at radius 2 is 2.43 bits per heavy atom. The molecule has 2 heterocycles. The van der Waals surface area contributed by atoms with Crippen molar-refractivity contribution in [2.24, 2.45) is 0 Å². The molecule has 0 aliphatic heterocycles. The van der Waals surface area contributed by atoms with E-state index in [0.29, 0.717) is 16.3 Å². The zero-order chi connectivity index (χ0) is 9.97. The molecule has 0 bridgehead atoms. The fraction of sp³-hybridized carbons (Fsp3) is 0.200. The van der Waals surface area contributed by atoms with Crippen LogP contribution in [0.1, 0.15) is 5.82 Å². The minimum Gasteiger partial charge on any atom is -0.335 e. The summed E-state index contributed by atoms with van der Waals surface area (Å²) >= 11 is 6.34. The third kappa shape index (κ3) is 1.77. The Hall–Kier alpha value is -1.35. The van der Waals surface area contributed by atoms with E-state index in [-0.39, 0.29) is 0 Å². The standard InChI is InChI=1S/C5H7N7S2/c6-12-3(8-10-5(12)13)2-14-4-1-7-11-9-4/h1H,2,6H2,(H,10,13)(H,7,9,11). The number of nitrogens with zero attached hydrogens (tertiary/aromatic N) is 4. The molecule has 0 aromatic carbocycles. The second-order valence-electron chi connectivity index (χ2n) is 2.41. The molecule has 0 saturated carbocycles. The fourth-order valence-electron chi connectivity index (χ4n) is 0.838. The first-order chi connectivity index (χ1) is 6.77. The van der Waals surface area contributed by atoms with Gasteiger partial charge in [-0.15, -0.1) is 5.10 Å². The normalized spacial score (nSPS) is 10.6. The minimum atomic E-state index is 0.403. The molecule has 0 fully saturated rings. The van der Waals surface area contributed by atoms with Crippen molar-refractivity contribution in [3.05, 3.63) is 16.8 Å². The van der Waals surface area contributed by atoms with Crippen molar-refractivity contribution in [1.82, 2.24) is 30.3 Å². The van der Waals surface area contributed by atoms with Gasteiger partial charge in [-0.05, 0) is 12.2 Å². The van der Waals surface area contributed by atoms with Gasteiger partial charge in [-0.3, -0.25) is 5.10 Å². The topological polar surface area (TPSA) is 101 Å². The Kier molecular flexibility index (Phi) is 2.50. The average Bonchev–Trinajstić information content (AvgIpc) is 2.77. The molecule has 2 aromatic rings. The van der Waals surface area contributed by atoms with Gasteiger partial charge in [-0.1, -0.05) is 11.8 Å². The lowest BCUT2D eigenvalue weighted by atomic mass is 10.7. The van der Waals surface area contributed by atoms with E-state index in [0.717, 1.165) is 5.03 Å². The SMILES string of the molecule is Nn1c(CSc2cn[nH]n2)n[nH]c1=S. The van der Waals surface area contributed by atoms with Gasteiger partial charge >= 0.3 is 0 Å².